The first kappa shape index (κ1) is 16.8. The molecule has 0 aliphatic rings. The third-order valence-electron chi connectivity index (χ3n) is 3.78. The molecular formula is C19H21N5O. The van der Waals surface area contributed by atoms with Gasteiger partial charge in [-0.3, -0.25) is 9.78 Å². The minimum Gasteiger partial charge on any atom is -0.368 e. The lowest BCUT2D eigenvalue weighted by Crippen LogP contribution is -2.32. The van der Waals surface area contributed by atoms with Crippen molar-refractivity contribution in [2.75, 3.05) is 18.4 Å². The molecule has 25 heavy (non-hydrogen) atoms. The molecule has 2 heterocycles. The van der Waals surface area contributed by atoms with Crippen LogP contribution in [0.4, 0.5) is 5.82 Å². The molecule has 1 aromatic carbocycles. The number of carbonyl (C=O) groups excluding carboxylic acids is 1. The molecular weight excluding hydrogens is 314 g/mol. The summed E-state index contributed by atoms with van der Waals surface area (Å²) in [6.45, 7) is 4.89. The molecule has 6 nitrogen and oxygen atoms in total. The van der Waals surface area contributed by atoms with Crippen LogP contribution < -0.4 is 10.6 Å². The van der Waals surface area contributed by atoms with Gasteiger partial charge in [-0.2, -0.15) is 0 Å². The maximum absolute atomic E-state index is 11.6. The Labute approximate surface area is 146 Å². The lowest BCUT2D eigenvalue weighted by Gasteiger charge is -2.12. The number of pyridine rings is 1. The van der Waals surface area contributed by atoms with Crippen molar-refractivity contribution in [3.05, 3.63) is 48.8 Å². The third-order valence-corrected chi connectivity index (χ3v) is 3.78. The van der Waals surface area contributed by atoms with E-state index in [1.165, 1.54) is 0 Å². The lowest BCUT2D eigenvalue weighted by atomic mass is 10.2. The second kappa shape index (κ2) is 7.70. The van der Waals surface area contributed by atoms with Crippen LogP contribution in [0.5, 0.6) is 0 Å². The van der Waals surface area contributed by atoms with Gasteiger partial charge in [0.25, 0.3) is 0 Å². The van der Waals surface area contributed by atoms with Crippen LogP contribution in [-0.2, 0) is 4.79 Å². The molecule has 0 saturated carbocycles. The molecule has 0 bridgehead atoms. The molecule has 1 amide bonds. The van der Waals surface area contributed by atoms with Gasteiger partial charge in [0, 0.05) is 42.4 Å². The van der Waals surface area contributed by atoms with Crippen LogP contribution in [0.15, 0.2) is 48.8 Å². The van der Waals surface area contributed by atoms with Crippen LogP contribution >= 0.6 is 0 Å². The minimum atomic E-state index is -0.0156. The van der Waals surface area contributed by atoms with Gasteiger partial charge in [-0.1, -0.05) is 26.0 Å². The monoisotopic (exact) mass is 335 g/mol. The lowest BCUT2D eigenvalue weighted by molar-refractivity contribution is -0.123. The standard InChI is InChI=1S/C19H21N5O/c1-13(2)19(25)22-12-11-21-18-15-5-3-4-6-16(15)23-17(24-18)14-7-9-20-10-8-14/h3-10,13H,11-12H2,1-2H3,(H,22,25)(H,21,23,24). The van der Waals surface area contributed by atoms with Crippen molar-refractivity contribution in [3.63, 3.8) is 0 Å². The molecule has 3 rings (SSSR count). The Balaban J connectivity index is 1.82. The predicted octanol–water partition coefficient (Wildman–Crippen LogP) is 2.88. The Morgan fingerprint density at radius 2 is 1.80 bits per heavy atom. The molecule has 2 N–H and O–H groups in total. The van der Waals surface area contributed by atoms with Gasteiger partial charge in [0.1, 0.15) is 5.82 Å². The van der Waals surface area contributed by atoms with Crippen molar-refractivity contribution in [1.82, 2.24) is 20.3 Å². The van der Waals surface area contributed by atoms with Crippen LogP contribution in [0.1, 0.15) is 13.8 Å². The fraction of sp³-hybridized carbons (Fsp3) is 0.263. The SMILES string of the molecule is CC(C)C(=O)NCCNc1nc(-c2ccncc2)nc2ccccc12. The summed E-state index contributed by atoms with van der Waals surface area (Å²) in [5.74, 6) is 1.44. The normalized spacial score (nSPS) is 10.8. The fourth-order valence-corrected chi connectivity index (χ4v) is 2.41. The first-order chi connectivity index (χ1) is 12.1. The number of aromatic nitrogens is 3. The number of hydrogen-bond acceptors (Lipinski definition) is 5. The molecule has 0 unspecified atom stereocenters. The number of para-hydroxylation sites is 1. The van der Waals surface area contributed by atoms with Crippen molar-refractivity contribution < 1.29 is 4.79 Å². The summed E-state index contributed by atoms with van der Waals surface area (Å²) in [5.41, 5.74) is 1.79. The van der Waals surface area contributed by atoms with E-state index in [0.29, 0.717) is 18.9 Å². The summed E-state index contributed by atoms with van der Waals surface area (Å²) in [6.07, 6.45) is 3.45. The van der Waals surface area contributed by atoms with E-state index in [2.05, 4.69) is 25.6 Å². The summed E-state index contributed by atoms with van der Waals surface area (Å²) < 4.78 is 0. The van der Waals surface area contributed by atoms with Gasteiger partial charge in [0.2, 0.25) is 5.91 Å². The van der Waals surface area contributed by atoms with Crippen LogP contribution in [0, 0.1) is 5.92 Å². The number of nitrogens with zero attached hydrogens (tertiary/aromatic N) is 3. The molecule has 0 atom stereocenters. The smallest absolute Gasteiger partial charge is 0.222 e. The van der Waals surface area contributed by atoms with Crippen molar-refractivity contribution >= 4 is 22.6 Å². The number of benzene rings is 1. The first-order valence-corrected chi connectivity index (χ1v) is 8.34. The molecule has 2 aromatic heterocycles. The average molecular weight is 335 g/mol. The summed E-state index contributed by atoms with van der Waals surface area (Å²) >= 11 is 0. The molecule has 128 valence electrons. The third kappa shape index (κ3) is 4.09. The number of amides is 1. The zero-order chi connectivity index (χ0) is 17.6. The Bertz CT molecular complexity index is 864. The van der Waals surface area contributed by atoms with Crippen molar-refractivity contribution in [3.8, 4) is 11.4 Å². The van der Waals surface area contributed by atoms with Gasteiger partial charge in [-0.25, -0.2) is 9.97 Å². The Morgan fingerprint density at radius 3 is 2.56 bits per heavy atom. The first-order valence-electron chi connectivity index (χ1n) is 8.34. The summed E-state index contributed by atoms with van der Waals surface area (Å²) in [5, 5.41) is 7.16. The molecule has 0 aliphatic heterocycles. The second-order valence-electron chi connectivity index (χ2n) is 6.02. The molecule has 0 radical (unpaired) electrons. The fourth-order valence-electron chi connectivity index (χ4n) is 2.41. The van der Waals surface area contributed by atoms with Crippen LogP contribution in [0.3, 0.4) is 0 Å². The maximum Gasteiger partial charge on any atom is 0.222 e. The Hall–Kier alpha value is -3.02. The van der Waals surface area contributed by atoms with Crippen molar-refractivity contribution in [2.24, 2.45) is 5.92 Å². The van der Waals surface area contributed by atoms with E-state index < -0.39 is 0 Å². The summed E-state index contributed by atoms with van der Waals surface area (Å²) in [6, 6.07) is 11.6. The second-order valence-corrected chi connectivity index (χ2v) is 6.02. The number of anilines is 1. The highest BCUT2D eigenvalue weighted by molar-refractivity contribution is 5.90. The number of fused-ring (bicyclic) bond motifs is 1. The zero-order valence-corrected chi connectivity index (χ0v) is 14.4. The van der Waals surface area contributed by atoms with E-state index in [0.717, 1.165) is 22.3 Å². The van der Waals surface area contributed by atoms with Gasteiger partial charge in [-0.15, -0.1) is 0 Å². The van der Waals surface area contributed by atoms with Crippen LogP contribution in [0.25, 0.3) is 22.3 Å². The summed E-state index contributed by atoms with van der Waals surface area (Å²) in [4.78, 5) is 25.0. The minimum absolute atomic E-state index is 0.0156. The molecule has 6 heteroatoms. The largest absolute Gasteiger partial charge is 0.368 e. The van der Waals surface area contributed by atoms with Crippen LogP contribution in [-0.4, -0.2) is 33.9 Å². The number of rotatable bonds is 6. The van der Waals surface area contributed by atoms with Gasteiger partial charge >= 0.3 is 0 Å². The van der Waals surface area contributed by atoms with Gasteiger partial charge < -0.3 is 10.6 Å². The molecule has 0 saturated heterocycles. The van der Waals surface area contributed by atoms with Gasteiger partial charge in [0.15, 0.2) is 5.82 Å². The molecule has 0 fully saturated rings. The van der Waals surface area contributed by atoms with E-state index in [1.807, 2.05) is 50.2 Å². The number of carbonyl (C=O) groups is 1. The Kier molecular flexibility index (Phi) is 5.18. The van der Waals surface area contributed by atoms with Gasteiger partial charge in [0.05, 0.1) is 5.52 Å². The maximum atomic E-state index is 11.6. The van der Waals surface area contributed by atoms with E-state index >= 15 is 0 Å². The molecule has 0 aliphatic carbocycles. The average Bonchev–Trinajstić information content (AvgIpc) is 2.65. The van der Waals surface area contributed by atoms with E-state index in [1.54, 1.807) is 12.4 Å². The molecule has 0 spiro atoms. The van der Waals surface area contributed by atoms with Gasteiger partial charge in [-0.05, 0) is 24.3 Å². The zero-order valence-electron chi connectivity index (χ0n) is 14.4. The van der Waals surface area contributed by atoms with Crippen LogP contribution in [0.2, 0.25) is 0 Å². The number of nitrogens with one attached hydrogen (secondary N) is 2. The highest BCUT2D eigenvalue weighted by atomic mass is 16.1. The molecule has 3 aromatic rings. The topological polar surface area (TPSA) is 79.8 Å². The quantitative estimate of drug-likeness (QED) is 0.677. The highest BCUT2D eigenvalue weighted by Gasteiger charge is 2.09. The van der Waals surface area contributed by atoms with Crippen molar-refractivity contribution in [2.45, 2.75) is 13.8 Å². The van der Waals surface area contributed by atoms with Crippen molar-refractivity contribution in [1.29, 1.82) is 0 Å². The van der Waals surface area contributed by atoms with E-state index in [9.17, 15) is 4.79 Å². The predicted molar refractivity (Wildman–Crippen MR) is 99.1 cm³/mol. The Morgan fingerprint density at radius 1 is 1.04 bits per heavy atom. The van der Waals surface area contributed by atoms with E-state index in [-0.39, 0.29) is 11.8 Å². The number of hydrogen-bond donors (Lipinski definition) is 2. The highest BCUT2D eigenvalue weighted by Crippen LogP contribution is 2.24. The van der Waals surface area contributed by atoms with E-state index in [4.69, 9.17) is 0 Å². The summed E-state index contributed by atoms with van der Waals surface area (Å²) in [7, 11) is 0.